The third-order valence-corrected chi connectivity index (χ3v) is 7.18. The summed E-state index contributed by atoms with van der Waals surface area (Å²) in [6.07, 6.45) is 3.35. The van der Waals surface area contributed by atoms with E-state index in [2.05, 4.69) is 25.9 Å². The van der Waals surface area contributed by atoms with Crippen molar-refractivity contribution >= 4 is 59.9 Å². The Balaban J connectivity index is 1.54. The molecule has 9 nitrogen and oxygen atoms in total. The second-order valence-electron chi connectivity index (χ2n) is 7.92. The van der Waals surface area contributed by atoms with Gasteiger partial charge in [-0.1, -0.05) is 33.3 Å². The number of aromatic nitrogens is 2. The lowest BCUT2D eigenvalue weighted by atomic mass is 10.1. The van der Waals surface area contributed by atoms with Crippen molar-refractivity contribution in [1.29, 1.82) is 0 Å². The minimum atomic E-state index is -0.442. The summed E-state index contributed by atoms with van der Waals surface area (Å²) < 4.78 is 7.21. The van der Waals surface area contributed by atoms with Crippen LogP contribution >= 0.6 is 27.3 Å². The van der Waals surface area contributed by atoms with Crippen molar-refractivity contribution in [2.24, 2.45) is 0 Å². The van der Waals surface area contributed by atoms with E-state index < -0.39 is 4.92 Å². The fourth-order valence-corrected chi connectivity index (χ4v) is 5.45. The van der Waals surface area contributed by atoms with E-state index in [0.717, 1.165) is 20.3 Å². The third-order valence-electron chi connectivity index (χ3n) is 5.65. The summed E-state index contributed by atoms with van der Waals surface area (Å²) in [7, 11) is 0. The van der Waals surface area contributed by atoms with Gasteiger partial charge in [0.15, 0.2) is 5.13 Å². The van der Waals surface area contributed by atoms with Crippen LogP contribution in [0.1, 0.15) is 15.9 Å². The quantitative estimate of drug-likeness (QED) is 0.243. The van der Waals surface area contributed by atoms with Gasteiger partial charge in [0.1, 0.15) is 5.69 Å². The van der Waals surface area contributed by atoms with Gasteiger partial charge in [-0.15, -0.1) is 0 Å². The Morgan fingerprint density at radius 1 is 1.20 bits per heavy atom. The molecule has 0 spiro atoms. The van der Waals surface area contributed by atoms with Gasteiger partial charge in [-0.05, 0) is 42.0 Å². The van der Waals surface area contributed by atoms with Crippen molar-refractivity contribution in [1.82, 2.24) is 9.97 Å². The lowest BCUT2D eigenvalue weighted by Crippen LogP contribution is -2.36. The number of hydrogen-bond acceptors (Lipinski definition) is 8. The number of ether oxygens (including phenoxy) is 1. The highest BCUT2D eigenvalue weighted by Crippen LogP contribution is 2.34. The highest BCUT2D eigenvalue weighted by Gasteiger charge is 2.27. The predicted octanol–water partition coefficient (Wildman–Crippen LogP) is 5.05. The highest BCUT2D eigenvalue weighted by atomic mass is 79.9. The molecule has 0 atom stereocenters. The largest absolute Gasteiger partial charge is 0.378 e. The van der Waals surface area contributed by atoms with Gasteiger partial charge in [-0.3, -0.25) is 24.8 Å². The first-order chi connectivity index (χ1) is 17.0. The van der Waals surface area contributed by atoms with E-state index in [4.69, 9.17) is 4.74 Å². The molecule has 2 aromatic heterocycles. The van der Waals surface area contributed by atoms with E-state index in [1.54, 1.807) is 35.5 Å². The average Bonchev–Trinajstić information content (AvgIpc) is 3.30. The summed E-state index contributed by atoms with van der Waals surface area (Å²) in [6.45, 7) is 2.35. The predicted molar refractivity (Wildman–Crippen MR) is 138 cm³/mol. The number of amides is 1. The van der Waals surface area contributed by atoms with Crippen LogP contribution in [0.25, 0.3) is 10.2 Å². The van der Waals surface area contributed by atoms with Gasteiger partial charge in [0, 0.05) is 41.6 Å². The fourth-order valence-electron chi connectivity index (χ4n) is 3.93. The number of morpholine rings is 1. The molecule has 0 unspecified atom stereocenters. The standard InChI is InChI=1S/C24H20BrN5O4S/c25-18-4-5-19-22(13-18)35-24(27-19)29(15-16-2-1-7-26-14-16)23(31)17-3-6-20(21(12-17)30(32)33)28-8-10-34-11-9-28/h1-7,12-14H,8-11,15H2. The number of carbonyl (C=O) groups excluding carboxylic acids is 1. The Bertz CT molecular complexity index is 1390. The zero-order valence-corrected chi connectivity index (χ0v) is 20.9. The number of anilines is 2. The van der Waals surface area contributed by atoms with Crippen LogP contribution in [-0.2, 0) is 11.3 Å². The Kier molecular flexibility index (Phi) is 6.71. The zero-order chi connectivity index (χ0) is 24.4. The SMILES string of the molecule is O=C(c1ccc(N2CCOCC2)c([N+](=O)[O-])c1)N(Cc1cccnc1)c1nc2ccc(Br)cc2s1. The van der Waals surface area contributed by atoms with Crippen LogP contribution in [0, 0.1) is 10.1 Å². The summed E-state index contributed by atoms with van der Waals surface area (Å²) in [5, 5.41) is 12.4. The summed E-state index contributed by atoms with van der Waals surface area (Å²) >= 11 is 4.86. The molecule has 0 saturated carbocycles. The molecule has 1 fully saturated rings. The van der Waals surface area contributed by atoms with Crippen LogP contribution in [0.2, 0.25) is 0 Å². The minimum Gasteiger partial charge on any atom is -0.378 e. The molecule has 1 saturated heterocycles. The Labute approximate surface area is 213 Å². The number of thiazole rings is 1. The number of benzene rings is 2. The van der Waals surface area contributed by atoms with Crippen molar-refractivity contribution in [2.45, 2.75) is 6.54 Å². The van der Waals surface area contributed by atoms with Crippen LogP contribution in [0.3, 0.4) is 0 Å². The third kappa shape index (κ3) is 5.02. The highest BCUT2D eigenvalue weighted by molar-refractivity contribution is 9.10. The molecule has 1 aliphatic heterocycles. The lowest BCUT2D eigenvalue weighted by Gasteiger charge is -2.28. The summed E-state index contributed by atoms with van der Waals surface area (Å²) in [6, 6.07) is 14.0. The van der Waals surface area contributed by atoms with Crippen LogP contribution in [0.15, 0.2) is 65.4 Å². The molecule has 2 aromatic carbocycles. The van der Waals surface area contributed by atoms with Gasteiger partial charge >= 0.3 is 0 Å². The molecule has 0 bridgehead atoms. The molecule has 11 heteroatoms. The number of rotatable bonds is 6. The number of carbonyl (C=O) groups is 1. The molecular weight excluding hydrogens is 534 g/mol. The second kappa shape index (κ2) is 10.1. The molecule has 178 valence electrons. The minimum absolute atomic E-state index is 0.104. The summed E-state index contributed by atoms with van der Waals surface area (Å²) in [4.78, 5) is 37.5. The van der Waals surface area contributed by atoms with E-state index in [-0.39, 0.29) is 23.7 Å². The molecule has 0 N–H and O–H groups in total. The molecule has 4 aromatic rings. The first-order valence-corrected chi connectivity index (χ1v) is 12.5. The molecule has 1 aliphatic rings. The number of hydrogen-bond donors (Lipinski definition) is 0. The summed E-state index contributed by atoms with van der Waals surface area (Å²) in [5.74, 6) is -0.372. The second-order valence-corrected chi connectivity index (χ2v) is 9.85. The van der Waals surface area contributed by atoms with E-state index >= 15 is 0 Å². The maximum atomic E-state index is 13.8. The monoisotopic (exact) mass is 553 g/mol. The van der Waals surface area contributed by atoms with Gasteiger partial charge in [-0.25, -0.2) is 4.98 Å². The number of nitrogens with zero attached hydrogens (tertiary/aromatic N) is 5. The maximum Gasteiger partial charge on any atom is 0.293 e. The molecule has 35 heavy (non-hydrogen) atoms. The number of fused-ring (bicyclic) bond motifs is 1. The Morgan fingerprint density at radius 2 is 2.03 bits per heavy atom. The first-order valence-electron chi connectivity index (χ1n) is 10.9. The number of pyridine rings is 1. The molecule has 0 radical (unpaired) electrons. The van der Waals surface area contributed by atoms with E-state index in [1.165, 1.54) is 17.4 Å². The Hall–Kier alpha value is -3.41. The van der Waals surface area contributed by atoms with Crippen LogP contribution in [-0.4, -0.2) is 47.1 Å². The Morgan fingerprint density at radius 3 is 2.77 bits per heavy atom. The topological polar surface area (TPSA) is 102 Å². The van der Waals surface area contributed by atoms with Gasteiger partial charge in [-0.2, -0.15) is 0 Å². The van der Waals surface area contributed by atoms with Gasteiger partial charge in [0.2, 0.25) is 0 Å². The molecule has 5 rings (SSSR count). The molecular formula is C24H20BrN5O4S. The van der Waals surface area contributed by atoms with Crippen LogP contribution in [0.5, 0.6) is 0 Å². The molecule has 1 amide bonds. The van der Waals surface area contributed by atoms with E-state index in [0.29, 0.717) is 37.1 Å². The smallest absolute Gasteiger partial charge is 0.293 e. The average molecular weight is 554 g/mol. The van der Waals surface area contributed by atoms with Crippen molar-refractivity contribution in [2.75, 3.05) is 36.1 Å². The van der Waals surface area contributed by atoms with Crippen molar-refractivity contribution in [3.05, 3.63) is 86.6 Å². The van der Waals surface area contributed by atoms with Crippen LogP contribution < -0.4 is 9.80 Å². The van der Waals surface area contributed by atoms with Gasteiger partial charge in [0.05, 0.1) is 34.9 Å². The molecule has 0 aliphatic carbocycles. The lowest BCUT2D eigenvalue weighted by molar-refractivity contribution is -0.384. The molecule has 3 heterocycles. The van der Waals surface area contributed by atoms with Crippen molar-refractivity contribution in [3.8, 4) is 0 Å². The maximum absolute atomic E-state index is 13.8. The number of halogens is 1. The van der Waals surface area contributed by atoms with Crippen molar-refractivity contribution in [3.63, 3.8) is 0 Å². The first kappa shape index (κ1) is 23.3. The normalized spacial score (nSPS) is 13.7. The van der Waals surface area contributed by atoms with Crippen LogP contribution in [0.4, 0.5) is 16.5 Å². The summed E-state index contributed by atoms with van der Waals surface area (Å²) in [5.41, 5.74) is 2.19. The fraction of sp³-hybridized carbons (Fsp3) is 0.208. The van der Waals surface area contributed by atoms with Crippen molar-refractivity contribution < 1.29 is 14.5 Å². The van der Waals surface area contributed by atoms with Gasteiger partial charge in [0.25, 0.3) is 11.6 Å². The zero-order valence-electron chi connectivity index (χ0n) is 18.5. The number of nitro benzene ring substituents is 1. The van der Waals surface area contributed by atoms with E-state index in [1.807, 2.05) is 29.2 Å². The number of nitro groups is 1. The van der Waals surface area contributed by atoms with E-state index in [9.17, 15) is 14.9 Å². The van der Waals surface area contributed by atoms with Gasteiger partial charge < -0.3 is 9.64 Å².